The Balaban J connectivity index is 1.26. The number of hydrogen-bond acceptors (Lipinski definition) is 1. The lowest BCUT2D eigenvalue weighted by Gasteiger charge is -2.28. The Bertz CT molecular complexity index is 2990. The number of hydrogen-bond donors (Lipinski definition) is 0. The first kappa shape index (κ1) is 30.9. The maximum absolute atomic E-state index is 15.0. The zero-order chi connectivity index (χ0) is 35.5. The summed E-state index contributed by atoms with van der Waals surface area (Å²) in [5.41, 5.74) is 6.94. The van der Waals surface area contributed by atoms with Crippen molar-refractivity contribution >= 4 is 70.9 Å². The molecule has 1 nitrogen and oxygen atoms in total. The van der Waals surface area contributed by atoms with E-state index in [0.29, 0.717) is 5.69 Å². The largest absolute Gasteiger partial charge is 0.310 e. The highest BCUT2D eigenvalue weighted by molar-refractivity contribution is 6.25. The van der Waals surface area contributed by atoms with Crippen molar-refractivity contribution in [2.75, 3.05) is 4.90 Å². The van der Waals surface area contributed by atoms with Gasteiger partial charge in [-0.1, -0.05) is 152 Å². The van der Waals surface area contributed by atoms with Crippen molar-refractivity contribution in [3.05, 3.63) is 200 Å². The molecule has 0 aliphatic carbocycles. The average Bonchev–Trinajstić information content (AvgIpc) is 3.21. The van der Waals surface area contributed by atoms with Gasteiger partial charge in [-0.25, -0.2) is 8.78 Å². The van der Waals surface area contributed by atoms with Gasteiger partial charge < -0.3 is 4.90 Å². The third-order valence-corrected chi connectivity index (χ3v) is 10.6. The molecule has 0 N–H and O–H groups in total. The Morgan fingerprint density at radius 1 is 0.302 bits per heavy atom. The van der Waals surface area contributed by atoms with Crippen LogP contribution in [0.25, 0.3) is 76.1 Å². The molecule has 10 aromatic rings. The highest BCUT2D eigenvalue weighted by atomic mass is 19.2. The predicted molar refractivity (Wildman–Crippen MR) is 219 cm³/mol. The molecular formula is C50H31F2N. The predicted octanol–water partition coefficient (Wildman–Crippen LogP) is 14.5. The molecule has 3 heteroatoms. The van der Waals surface area contributed by atoms with Crippen LogP contribution < -0.4 is 4.90 Å². The van der Waals surface area contributed by atoms with Crippen LogP contribution in [0, 0.1) is 11.6 Å². The summed E-state index contributed by atoms with van der Waals surface area (Å²) >= 11 is 0. The SMILES string of the molecule is Fc1ccc(N(c2ccc3ccccc3c2)c2ccc(-c3c4ccccc4c(-c4cccc5ccccc45)c4ccccc34)c3ccccc23)cc1F. The molecule has 53 heavy (non-hydrogen) atoms. The van der Waals surface area contributed by atoms with Crippen LogP contribution >= 0.6 is 0 Å². The van der Waals surface area contributed by atoms with E-state index in [1.54, 1.807) is 6.07 Å². The van der Waals surface area contributed by atoms with Gasteiger partial charge in [-0.2, -0.15) is 0 Å². The summed E-state index contributed by atoms with van der Waals surface area (Å²) in [4.78, 5) is 2.03. The normalized spacial score (nSPS) is 11.6. The van der Waals surface area contributed by atoms with Crippen LogP contribution in [-0.4, -0.2) is 0 Å². The highest BCUT2D eigenvalue weighted by Crippen LogP contribution is 2.49. The molecular weight excluding hydrogens is 653 g/mol. The molecule has 0 saturated carbocycles. The minimum atomic E-state index is -0.890. The molecule has 0 amide bonds. The maximum Gasteiger partial charge on any atom is 0.160 e. The molecule has 0 aromatic heterocycles. The zero-order valence-corrected chi connectivity index (χ0v) is 28.6. The molecule has 0 fully saturated rings. The molecule has 10 aromatic carbocycles. The van der Waals surface area contributed by atoms with E-state index in [0.717, 1.165) is 44.0 Å². The van der Waals surface area contributed by atoms with Crippen molar-refractivity contribution < 1.29 is 8.78 Å². The summed E-state index contributed by atoms with van der Waals surface area (Å²) in [6.07, 6.45) is 0. The van der Waals surface area contributed by atoms with Crippen molar-refractivity contribution in [2.24, 2.45) is 0 Å². The fraction of sp³-hybridized carbons (Fsp3) is 0. The molecule has 0 radical (unpaired) electrons. The van der Waals surface area contributed by atoms with Gasteiger partial charge in [0.15, 0.2) is 11.6 Å². The lowest BCUT2D eigenvalue weighted by atomic mass is 9.83. The van der Waals surface area contributed by atoms with Crippen LogP contribution in [0.1, 0.15) is 0 Å². The van der Waals surface area contributed by atoms with Gasteiger partial charge >= 0.3 is 0 Å². The quantitative estimate of drug-likeness (QED) is 0.163. The number of fused-ring (bicyclic) bond motifs is 5. The molecule has 0 bridgehead atoms. The standard InChI is InChI=1S/C50H31F2N/c51-46-28-26-36(31-47(46)52)53(35-25-24-32-12-1-2-14-34(32)30-35)48-29-27-45(38-17-5-6-18-39(38)48)50-43-21-9-7-19-41(43)49(42-20-8-10-22-44(42)50)40-23-11-15-33-13-3-4-16-37(33)40/h1-31H. The lowest BCUT2D eigenvalue weighted by Crippen LogP contribution is -2.11. The fourth-order valence-corrected chi connectivity index (χ4v) is 8.22. The molecule has 0 atom stereocenters. The van der Waals surface area contributed by atoms with Crippen molar-refractivity contribution in [3.8, 4) is 22.3 Å². The van der Waals surface area contributed by atoms with Gasteiger partial charge in [0.2, 0.25) is 0 Å². The molecule has 10 rings (SSSR count). The van der Waals surface area contributed by atoms with E-state index < -0.39 is 11.6 Å². The Kier molecular flexibility index (Phi) is 7.26. The van der Waals surface area contributed by atoms with Crippen LogP contribution in [0.5, 0.6) is 0 Å². The third kappa shape index (κ3) is 5.04. The molecule has 0 saturated heterocycles. The summed E-state index contributed by atoms with van der Waals surface area (Å²) in [7, 11) is 0. The van der Waals surface area contributed by atoms with Crippen LogP contribution in [0.15, 0.2) is 188 Å². The van der Waals surface area contributed by atoms with Crippen LogP contribution in [0.2, 0.25) is 0 Å². The fourth-order valence-electron chi connectivity index (χ4n) is 8.22. The Morgan fingerprint density at radius 3 is 1.45 bits per heavy atom. The highest BCUT2D eigenvalue weighted by Gasteiger charge is 2.22. The van der Waals surface area contributed by atoms with Gasteiger partial charge in [0, 0.05) is 22.8 Å². The minimum absolute atomic E-state index is 0.535. The second-order valence-corrected chi connectivity index (χ2v) is 13.5. The number of halogens is 2. The average molecular weight is 684 g/mol. The molecule has 0 unspecified atom stereocenters. The monoisotopic (exact) mass is 683 g/mol. The van der Waals surface area contributed by atoms with Crippen LogP contribution in [0.3, 0.4) is 0 Å². The van der Waals surface area contributed by atoms with E-state index in [-0.39, 0.29) is 0 Å². The number of anilines is 3. The summed E-state index contributed by atoms with van der Waals surface area (Å²) < 4.78 is 29.3. The smallest absolute Gasteiger partial charge is 0.160 e. The third-order valence-electron chi connectivity index (χ3n) is 10.6. The van der Waals surface area contributed by atoms with Crippen LogP contribution in [0.4, 0.5) is 25.8 Å². The van der Waals surface area contributed by atoms with E-state index in [1.165, 1.54) is 55.6 Å². The van der Waals surface area contributed by atoms with Gasteiger partial charge in [-0.05, 0) is 101 Å². The van der Waals surface area contributed by atoms with Gasteiger partial charge in [0.1, 0.15) is 0 Å². The first-order valence-corrected chi connectivity index (χ1v) is 17.8. The van der Waals surface area contributed by atoms with E-state index in [4.69, 9.17) is 0 Å². The van der Waals surface area contributed by atoms with E-state index >= 15 is 0 Å². The van der Waals surface area contributed by atoms with Crippen molar-refractivity contribution in [1.29, 1.82) is 0 Å². The van der Waals surface area contributed by atoms with Gasteiger partial charge in [-0.3, -0.25) is 0 Å². The first-order chi connectivity index (χ1) is 26.1. The van der Waals surface area contributed by atoms with E-state index in [2.05, 4.69) is 146 Å². The number of benzene rings is 10. The summed E-state index contributed by atoms with van der Waals surface area (Å²) in [6, 6.07) is 63.8. The number of nitrogens with zero attached hydrogens (tertiary/aromatic N) is 1. The van der Waals surface area contributed by atoms with E-state index in [1.807, 2.05) is 29.2 Å². The van der Waals surface area contributed by atoms with Gasteiger partial charge in [0.05, 0.1) is 5.69 Å². The topological polar surface area (TPSA) is 3.24 Å². The van der Waals surface area contributed by atoms with Crippen LogP contribution in [-0.2, 0) is 0 Å². The molecule has 250 valence electrons. The second-order valence-electron chi connectivity index (χ2n) is 13.5. The van der Waals surface area contributed by atoms with Gasteiger partial charge in [0.25, 0.3) is 0 Å². The maximum atomic E-state index is 15.0. The Morgan fingerprint density at radius 2 is 0.792 bits per heavy atom. The van der Waals surface area contributed by atoms with Gasteiger partial charge in [-0.15, -0.1) is 0 Å². The molecule has 0 aliphatic heterocycles. The summed E-state index contributed by atoms with van der Waals surface area (Å²) in [6.45, 7) is 0. The molecule has 0 spiro atoms. The zero-order valence-electron chi connectivity index (χ0n) is 28.6. The Hall–Kier alpha value is -6.84. The summed E-state index contributed by atoms with van der Waals surface area (Å²) in [5.74, 6) is -1.77. The van der Waals surface area contributed by atoms with Crippen molar-refractivity contribution in [2.45, 2.75) is 0 Å². The first-order valence-electron chi connectivity index (χ1n) is 17.8. The van der Waals surface area contributed by atoms with Crippen molar-refractivity contribution in [3.63, 3.8) is 0 Å². The minimum Gasteiger partial charge on any atom is -0.310 e. The second kappa shape index (κ2) is 12.4. The Labute approximate surface area is 305 Å². The van der Waals surface area contributed by atoms with E-state index in [9.17, 15) is 8.78 Å². The molecule has 0 heterocycles. The number of rotatable bonds is 5. The molecule has 0 aliphatic rings. The van der Waals surface area contributed by atoms with Crippen molar-refractivity contribution in [1.82, 2.24) is 0 Å². The summed E-state index contributed by atoms with van der Waals surface area (Å²) in [5, 5.41) is 11.4. The lowest BCUT2D eigenvalue weighted by molar-refractivity contribution is 0.509.